The van der Waals surface area contributed by atoms with E-state index in [9.17, 15) is 9.59 Å². The third kappa shape index (κ3) is 6.28. The molecule has 0 radical (unpaired) electrons. The second-order valence-corrected chi connectivity index (χ2v) is 10.7. The second kappa shape index (κ2) is 11.9. The molecule has 0 unspecified atom stereocenters. The van der Waals surface area contributed by atoms with Crippen LogP contribution in [0.4, 0.5) is 10.5 Å². The molecule has 2 aromatic carbocycles. The molecule has 0 bridgehead atoms. The maximum atomic E-state index is 13.8. The molecule has 8 nitrogen and oxygen atoms in total. The Morgan fingerprint density at radius 2 is 1.84 bits per heavy atom. The molecule has 200 valence electrons. The van der Waals surface area contributed by atoms with Gasteiger partial charge in [0, 0.05) is 30.3 Å². The Kier molecular flexibility index (Phi) is 8.14. The lowest BCUT2D eigenvalue weighted by Crippen LogP contribution is -2.46. The van der Waals surface area contributed by atoms with Gasteiger partial charge in [-0.2, -0.15) is 0 Å². The molecular formula is C29H33N3O5S. The first-order valence-electron chi connectivity index (χ1n) is 12.9. The number of ether oxygens (including phenoxy) is 3. The normalized spacial score (nSPS) is 15.9. The summed E-state index contributed by atoms with van der Waals surface area (Å²) in [6, 6.07) is 15.1. The predicted molar refractivity (Wildman–Crippen MR) is 147 cm³/mol. The highest BCUT2D eigenvalue weighted by Gasteiger charge is 2.27. The van der Waals surface area contributed by atoms with Gasteiger partial charge in [-0.05, 0) is 73.0 Å². The van der Waals surface area contributed by atoms with Crippen molar-refractivity contribution in [1.29, 1.82) is 0 Å². The highest BCUT2D eigenvalue weighted by atomic mass is 32.1. The van der Waals surface area contributed by atoms with Crippen molar-refractivity contribution in [1.82, 2.24) is 9.80 Å². The molecule has 0 aliphatic carbocycles. The van der Waals surface area contributed by atoms with E-state index in [0.29, 0.717) is 37.7 Å². The smallest absolute Gasteiger partial charge is 0.322 e. The van der Waals surface area contributed by atoms with Crippen molar-refractivity contribution in [3.63, 3.8) is 0 Å². The van der Waals surface area contributed by atoms with Crippen molar-refractivity contribution in [3.8, 4) is 11.5 Å². The van der Waals surface area contributed by atoms with Crippen LogP contribution in [0.2, 0.25) is 0 Å². The number of benzene rings is 2. The van der Waals surface area contributed by atoms with Crippen LogP contribution in [0.25, 0.3) is 0 Å². The first-order chi connectivity index (χ1) is 18.5. The van der Waals surface area contributed by atoms with Gasteiger partial charge in [-0.25, -0.2) is 4.79 Å². The summed E-state index contributed by atoms with van der Waals surface area (Å²) in [4.78, 5) is 31.8. The summed E-state index contributed by atoms with van der Waals surface area (Å²) in [6.07, 6.45) is 1.75. The van der Waals surface area contributed by atoms with Gasteiger partial charge in [0.25, 0.3) is 0 Å². The van der Waals surface area contributed by atoms with Gasteiger partial charge in [0.1, 0.15) is 6.54 Å². The maximum absolute atomic E-state index is 13.8. The average molecular weight is 536 g/mol. The number of amides is 3. The van der Waals surface area contributed by atoms with Crippen LogP contribution in [-0.4, -0.2) is 54.3 Å². The lowest BCUT2D eigenvalue weighted by Gasteiger charge is -2.29. The van der Waals surface area contributed by atoms with E-state index < -0.39 is 0 Å². The highest BCUT2D eigenvalue weighted by molar-refractivity contribution is 7.10. The van der Waals surface area contributed by atoms with Gasteiger partial charge in [0.05, 0.1) is 12.6 Å². The summed E-state index contributed by atoms with van der Waals surface area (Å²) in [6.45, 7) is 6.04. The summed E-state index contributed by atoms with van der Waals surface area (Å²) in [5.74, 6) is 1.25. The fourth-order valence-corrected chi connectivity index (χ4v) is 5.58. The van der Waals surface area contributed by atoms with Gasteiger partial charge >= 0.3 is 6.03 Å². The highest BCUT2D eigenvalue weighted by Crippen LogP contribution is 2.33. The van der Waals surface area contributed by atoms with E-state index in [4.69, 9.17) is 14.2 Å². The van der Waals surface area contributed by atoms with E-state index in [1.165, 1.54) is 0 Å². The Morgan fingerprint density at radius 1 is 1.00 bits per heavy atom. The van der Waals surface area contributed by atoms with E-state index >= 15 is 0 Å². The predicted octanol–water partition coefficient (Wildman–Crippen LogP) is 5.34. The molecule has 38 heavy (non-hydrogen) atoms. The van der Waals surface area contributed by atoms with Crippen LogP contribution in [0.1, 0.15) is 34.4 Å². The molecule has 1 N–H and O–H groups in total. The molecule has 9 heteroatoms. The number of urea groups is 1. The number of carbonyl (C=O) groups is 2. The van der Waals surface area contributed by atoms with E-state index in [1.54, 1.807) is 21.1 Å². The Morgan fingerprint density at radius 3 is 2.61 bits per heavy atom. The van der Waals surface area contributed by atoms with Crippen molar-refractivity contribution in [2.75, 3.05) is 31.8 Å². The fourth-order valence-electron chi connectivity index (χ4n) is 4.66. The molecule has 1 fully saturated rings. The Balaban J connectivity index is 1.36. The number of thiophene rings is 1. The van der Waals surface area contributed by atoms with Crippen LogP contribution in [-0.2, 0) is 22.6 Å². The summed E-state index contributed by atoms with van der Waals surface area (Å²) in [5.41, 5.74) is 3.77. The lowest BCUT2D eigenvalue weighted by molar-refractivity contribution is -0.133. The Bertz CT molecular complexity index is 1290. The monoisotopic (exact) mass is 535 g/mol. The number of carbonyl (C=O) groups excluding carboxylic acids is 2. The zero-order valence-corrected chi connectivity index (χ0v) is 22.6. The molecule has 5 rings (SSSR count). The molecule has 3 amide bonds. The van der Waals surface area contributed by atoms with Crippen LogP contribution in [0.5, 0.6) is 11.5 Å². The minimum atomic E-state index is -0.307. The molecule has 2 aliphatic heterocycles. The van der Waals surface area contributed by atoms with Crippen LogP contribution in [0.15, 0.2) is 53.9 Å². The van der Waals surface area contributed by atoms with Gasteiger partial charge < -0.3 is 29.3 Å². The molecule has 1 atom stereocenters. The quantitative estimate of drug-likeness (QED) is 0.400. The van der Waals surface area contributed by atoms with Crippen molar-refractivity contribution in [3.05, 3.63) is 75.5 Å². The first-order valence-corrected chi connectivity index (χ1v) is 13.8. The van der Waals surface area contributed by atoms with Crippen molar-refractivity contribution >= 4 is 29.0 Å². The third-order valence-corrected chi connectivity index (χ3v) is 7.92. The zero-order chi connectivity index (χ0) is 26.5. The largest absolute Gasteiger partial charge is 0.454 e. The van der Waals surface area contributed by atoms with E-state index in [0.717, 1.165) is 40.1 Å². The van der Waals surface area contributed by atoms with Gasteiger partial charge in [-0.3, -0.25) is 4.79 Å². The number of aryl methyl sites for hydroxylation is 2. The van der Waals surface area contributed by atoms with Crippen molar-refractivity contribution in [2.24, 2.45) is 0 Å². The number of hydrogen-bond acceptors (Lipinski definition) is 6. The number of nitrogens with one attached hydrogen (secondary N) is 1. The number of hydrogen-bond donors (Lipinski definition) is 1. The van der Waals surface area contributed by atoms with Crippen LogP contribution in [0.3, 0.4) is 0 Å². The number of nitrogens with zero attached hydrogens (tertiary/aromatic N) is 2. The molecule has 3 aromatic rings. The average Bonchev–Trinajstić information content (AvgIpc) is 3.67. The van der Waals surface area contributed by atoms with Gasteiger partial charge in [-0.1, -0.05) is 24.3 Å². The SMILES string of the molecule is Cc1ccccc1NC(=O)N(CC(=O)N(Cc1ccc2c(c1)OCO2)Cc1sccc1C)C[C@@H]1CCCO1. The van der Waals surface area contributed by atoms with Crippen LogP contribution >= 0.6 is 11.3 Å². The van der Waals surface area contributed by atoms with Crippen molar-refractivity contribution in [2.45, 2.75) is 45.9 Å². The third-order valence-electron chi connectivity index (χ3n) is 6.91. The molecule has 1 aromatic heterocycles. The minimum absolute atomic E-state index is 0.0491. The lowest BCUT2D eigenvalue weighted by atomic mass is 10.1. The maximum Gasteiger partial charge on any atom is 0.322 e. The summed E-state index contributed by atoms with van der Waals surface area (Å²) < 4.78 is 16.8. The molecule has 0 spiro atoms. The van der Waals surface area contributed by atoms with E-state index in [1.807, 2.05) is 54.8 Å². The molecule has 2 aliphatic rings. The molecule has 1 saturated heterocycles. The number of rotatable bonds is 9. The topological polar surface area (TPSA) is 80.3 Å². The number of fused-ring (bicyclic) bond motifs is 1. The number of anilines is 1. The van der Waals surface area contributed by atoms with Crippen LogP contribution in [0, 0.1) is 13.8 Å². The second-order valence-electron chi connectivity index (χ2n) is 9.72. The summed E-state index contributed by atoms with van der Waals surface area (Å²) >= 11 is 1.63. The first kappa shape index (κ1) is 26.1. The zero-order valence-electron chi connectivity index (χ0n) is 21.8. The van der Waals surface area contributed by atoms with E-state index in [-0.39, 0.29) is 31.4 Å². The number of para-hydroxylation sites is 1. The van der Waals surface area contributed by atoms with Gasteiger partial charge in [-0.15, -0.1) is 11.3 Å². The molecular weight excluding hydrogens is 502 g/mol. The summed E-state index contributed by atoms with van der Waals surface area (Å²) in [7, 11) is 0. The minimum Gasteiger partial charge on any atom is -0.454 e. The summed E-state index contributed by atoms with van der Waals surface area (Å²) in [5, 5.41) is 5.03. The van der Waals surface area contributed by atoms with Crippen molar-refractivity contribution < 1.29 is 23.8 Å². The van der Waals surface area contributed by atoms with Gasteiger partial charge in [0.15, 0.2) is 11.5 Å². The Hall–Kier alpha value is -3.56. The fraction of sp³-hybridized carbons (Fsp3) is 0.379. The standard InChI is InChI=1S/C29H33N3O5S/c1-20-6-3-4-8-24(20)30-29(34)32(16-23-7-5-12-35-23)18-28(33)31(17-27-21(2)11-13-38-27)15-22-9-10-25-26(14-22)37-19-36-25/h3-4,6,8-11,13-14,23H,5,7,12,15-19H2,1-2H3,(H,30,34)/t23-/m0/s1. The molecule has 3 heterocycles. The van der Waals surface area contributed by atoms with E-state index in [2.05, 4.69) is 18.3 Å². The molecule has 0 saturated carbocycles. The Labute approximate surface area is 227 Å². The van der Waals surface area contributed by atoms with Crippen LogP contribution < -0.4 is 14.8 Å². The van der Waals surface area contributed by atoms with Gasteiger partial charge in [0.2, 0.25) is 12.7 Å².